The first-order chi connectivity index (χ1) is 8.74. The van der Waals surface area contributed by atoms with Crippen LogP contribution in [0.5, 0.6) is 0 Å². The largest absolute Gasteiger partial charge is 0.450 e. The third kappa shape index (κ3) is 1.24. The molecule has 0 spiro atoms. The molecule has 0 saturated heterocycles. The summed E-state index contributed by atoms with van der Waals surface area (Å²) in [6.07, 6.45) is 0. The van der Waals surface area contributed by atoms with Crippen molar-refractivity contribution in [2.24, 2.45) is 0 Å². The van der Waals surface area contributed by atoms with Crippen LogP contribution < -0.4 is 0 Å². The zero-order valence-electron chi connectivity index (χ0n) is 9.40. The van der Waals surface area contributed by atoms with Gasteiger partial charge >= 0.3 is 0 Å². The Morgan fingerprint density at radius 3 is 2.89 bits per heavy atom. The fraction of sp³-hybridized carbons (Fsp3) is 0.0769. The molecule has 5 heteroatoms. The fourth-order valence-corrected chi connectivity index (χ4v) is 3.52. The van der Waals surface area contributed by atoms with E-state index in [9.17, 15) is 0 Å². The zero-order chi connectivity index (χ0) is 12.3. The minimum atomic E-state index is 0.380. The molecule has 0 saturated carbocycles. The first-order valence-electron chi connectivity index (χ1n) is 5.48. The van der Waals surface area contributed by atoms with E-state index in [-0.39, 0.29) is 0 Å². The summed E-state index contributed by atoms with van der Waals surface area (Å²) in [7, 11) is 0. The van der Waals surface area contributed by atoms with E-state index >= 15 is 0 Å². The van der Waals surface area contributed by atoms with Crippen LogP contribution in [0, 0.1) is 6.92 Å². The van der Waals surface area contributed by atoms with Crippen molar-refractivity contribution in [2.45, 2.75) is 6.92 Å². The molecule has 0 amide bonds. The van der Waals surface area contributed by atoms with Gasteiger partial charge in [0, 0.05) is 10.1 Å². The molecule has 3 heterocycles. The predicted octanol–water partition coefficient (Wildman–Crippen LogP) is 4.55. The molecule has 3 nitrogen and oxygen atoms in total. The smallest absolute Gasteiger partial charge is 0.192 e. The Kier molecular flexibility index (Phi) is 1.96. The number of nitrogens with zero attached hydrogens (tertiary/aromatic N) is 2. The summed E-state index contributed by atoms with van der Waals surface area (Å²) in [5.74, 6) is 0.660. The highest BCUT2D eigenvalue weighted by atomic mass is 35.5. The summed E-state index contributed by atoms with van der Waals surface area (Å²) in [5.41, 5.74) is 2.24. The molecule has 0 aliphatic heterocycles. The second kappa shape index (κ2) is 3.43. The van der Waals surface area contributed by atoms with Gasteiger partial charge in [0.1, 0.15) is 16.0 Å². The number of fused-ring (bicyclic) bond motifs is 5. The van der Waals surface area contributed by atoms with Crippen LogP contribution in [0.15, 0.2) is 28.7 Å². The van der Waals surface area contributed by atoms with Gasteiger partial charge in [-0.15, -0.1) is 11.3 Å². The lowest BCUT2D eigenvalue weighted by Gasteiger charge is -1.94. The topological polar surface area (TPSA) is 38.9 Å². The molecular weight excluding hydrogens is 268 g/mol. The van der Waals surface area contributed by atoms with Crippen LogP contribution in [0.25, 0.3) is 31.5 Å². The monoisotopic (exact) mass is 274 g/mol. The Morgan fingerprint density at radius 2 is 2.00 bits per heavy atom. The van der Waals surface area contributed by atoms with Gasteiger partial charge < -0.3 is 4.42 Å². The van der Waals surface area contributed by atoms with Crippen LogP contribution in [0.3, 0.4) is 0 Å². The van der Waals surface area contributed by atoms with E-state index in [2.05, 4.69) is 16.0 Å². The third-order valence-corrected chi connectivity index (χ3v) is 4.32. The predicted molar refractivity (Wildman–Crippen MR) is 74.4 cm³/mol. The Bertz CT molecular complexity index is 909. The van der Waals surface area contributed by atoms with E-state index in [0.717, 1.165) is 21.2 Å². The minimum Gasteiger partial charge on any atom is -0.450 e. The van der Waals surface area contributed by atoms with Gasteiger partial charge in [0.2, 0.25) is 0 Å². The Morgan fingerprint density at radius 1 is 1.17 bits per heavy atom. The van der Waals surface area contributed by atoms with Crippen molar-refractivity contribution in [1.82, 2.24) is 9.97 Å². The average Bonchev–Trinajstić information content (AvgIpc) is 2.86. The molecule has 0 unspecified atom stereocenters. The summed E-state index contributed by atoms with van der Waals surface area (Å²) in [6.45, 7) is 1.83. The first kappa shape index (κ1) is 10.3. The molecule has 0 fully saturated rings. The number of aromatic nitrogens is 2. The van der Waals surface area contributed by atoms with Gasteiger partial charge in [-0.25, -0.2) is 9.97 Å². The van der Waals surface area contributed by atoms with Gasteiger partial charge in [-0.05, 0) is 19.1 Å². The van der Waals surface area contributed by atoms with Crippen molar-refractivity contribution in [2.75, 3.05) is 0 Å². The molecule has 0 bridgehead atoms. The number of furan rings is 1. The van der Waals surface area contributed by atoms with Crippen molar-refractivity contribution in [1.29, 1.82) is 0 Å². The molecule has 4 rings (SSSR count). The van der Waals surface area contributed by atoms with E-state index in [1.165, 1.54) is 4.70 Å². The number of halogens is 1. The van der Waals surface area contributed by atoms with Gasteiger partial charge in [-0.1, -0.05) is 23.7 Å². The highest BCUT2D eigenvalue weighted by molar-refractivity contribution is 7.26. The van der Waals surface area contributed by atoms with Gasteiger partial charge in [-0.2, -0.15) is 0 Å². The highest BCUT2D eigenvalue weighted by Crippen LogP contribution is 2.41. The average molecular weight is 275 g/mol. The van der Waals surface area contributed by atoms with E-state index in [1.54, 1.807) is 11.3 Å². The van der Waals surface area contributed by atoms with E-state index in [1.807, 2.05) is 25.1 Å². The van der Waals surface area contributed by atoms with Crippen LogP contribution in [0.4, 0.5) is 0 Å². The highest BCUT2D eigenvalue weighted by Gasteiger charge is 2.17. The lowest BCUT2D eigenvalue weighted by atomic mass is 10.2. The van der Waals surface area contributed by atoms with Crippen molar-refractivity contribution < 1.29 is 4.42 Å². The molecule has 0 N–H and O–H groups in total. The Balaban J connectivity index is 2.31. The molecule has 0 radical (unpaired) electrons. The SMILES string of the molecule is Cc1nc(Cl)c2oc3c4ccccc4sc3c2n1. The zero-order valence-corrected chi connectivity index (χ0v) is 11.0. The first-order valence-corrected chi connectivity index (χ1v) is 6.67. The van der Waals surface area contributed by atoms with Crippen molar-refractivity contribution >= 4 is 54.4 Å². The molecule has 0 atom stereocenters. The van der Waals surface area contributed by atoms with Crippen LogP contribution in [0.2, 0.25) is 5.15 Å². The Labute approximate surface area is 111 Å². The van der Waals surface area contributed by atoms with Crippen LogP contribution >= 0.6 is 22.9 Å². The van der Waals surface area contributed by atoms with Gasteiger partial charge in [0.05, 0.1) is 0 Å². The maximum Gasteiger partial charge on any atom is 0.192 e. The van der Waals surface area contributed by atoms with Crippen LogP contribution in [-0.2, 0) is 0 Å². The molecule has 4 aromatic rings. The number of hydrogen-bond acceptors (Lipinski definition) is 4. The summed E-state index contributed by atoms with van der Waals surface area (Å²) >= 11 is 7.77. The van der Waals surface area contributed by atoms with Crippen molar-refractivity contribution in [3.05, 3.63) is 35.2 Å². The second-order valence-corrected chi connectivity index (χ2v) is 5.51. The number of aryl methyl sites for hydroxylation is 1. The number of rotatable bonds is 0. The molecule has 88 valence electrons. The van der Waals surface area contributed by atoms with E-state index < -0.39 is 0 Å². The van der Waals surface area contributed by atoms with Crippen LogP contribution in [-0.4, -0.2) is 9.97 Å². The molecule has 3 aromatic heterocycles. The normalized spacial score (nSPS) is 11.9. The lowest BCUT2D eigenvalue weighted by molar-refractivity contribution is 0.669. The summed E-state index contributed by atoms with van der Waals surface area (Å²) in [4.78, 5) is 8.56. The quantitative estimate of drug-likeness (QED) is 0.442. The summed E-state index contributed by atoms with van der Waals surface area (Å²) in [6, 6.07) is 8.15. The third-order valence-electron chi connectivity index (χ3n) is 2.91. The number of benzene rings is 1. The van der Waals surface area contributed by atoms with Gasteiger partial charge in [0.25, 0.3) is 0 Å². The number of thiophene rings is 1. The standard InChI is InChI=1S/C13H7ClN2OS/c1-6-15-9-11(13(14)16-6)17-10-7-4-2-3-5-8(7)18-12(9)10/h2-5H,1H3. The molecule has 0 aliphatic carbocycles. The second-order valence-electron chi connectivity index (χ2n) is 4.10. The molecular formula is C13H7ClN2OS. The maximum atomic E-state index is 6.10. The summed E-state index contributed by atoms with van der Waals surface area (Å²) < 4.78 is 8.08. The minimum absolute atomic E-state index is 0.380. The van der Waals surface area contributed by atoms with Gasteiger partial charge in [-0.3, -0.25) is 0 Å². The maximum absolute atomic E-state index is 6.10. The van der Waals surface area contributed by atoms with Crippen molar-refractivity contribution in [3.8, 4) is 0 Å². The number of hydrogen-bond donors (Lipinski definition) is 0. The molecule has 1 aromatic carbocycles. The molecule has 18 heavy (non-hydrogen) atoms. The van der Waals surface area contributed by atoms with Crippen molar-refractivity contribution in [3.63, 3.8) is 0 Å². The summed E-state index contributed by atoms with van der Waals surface area (Å²) in [5, 5.41) is 1.48. The molecule has 0 aliphatic rings. The van der Waals surface area contributed by atoms with Gasteiger partial charge in [0.15, 0.2) is 16.3 Å². The lowest BCUT2D eigenvalue weighted by Crippen LogP contribution is -1.87. The fourth-order valence-electron chi connectivity index (χ4n) is 2.15. The Hall–Kier alpha value is -1.65. The van der Waals surface area contributed by atoms with E-state index in [4.69, 9.17) is 16.0 Å². The van der Waals surface area contributed by atoms with E-state index in [0.29, 0.717) is 16.6 Å². The van der Waals surface area contributed by atoms with Crippen LogP contribution in [0.1, 0.15) is 5.82 Å².